The number of carbonyl (C=O) groups excluding carboxylic acids is 1. The average Bonchev–Trinajstić information content (AvgIpc) is 2.91. The van der Waals surface area contributed by atoms with Crippen LogP contribution in [0.15, 0.2) is 27.3 Å². The zero-order valence-corrected chi connectivity index (χ0v) is 16.2. The van der Waals surface area contributed by atoms with E-state index in [9.17, 15) is 4.79 Å². The first kappa shape index (κ1) is 18.1. The van der Waals surface area contributed by atoms with Gasteiger partial charge < -0.3 is 9.73 Å². The van der Waals surface area contributed by atoms with E-state index >= 15 is 0 Å². The van der Waals surface area contributed by atoms with Crippen LogP contribution in [-0.4, -0.2) is 40.4 Å². The summed E-state index contributed by atoms with van der Waals surface area (Å²) in [5, 5.41) is 3.02. The fourth-order valence-corrected chi connectivity index (χ4v) is 3.39. The molecule has 0 saturated carbocycles. The highest BCUT2D eigenvalue weighted by Crippen LogP contribution is 2.19. The fourth-order valence-electron chi connectivity index (χ4n) is 3.02. The van der Waals surface area contributed by atoms with Gasteiger partial charge in [0.05, 0.1) is 17.8 Å². The molecule has 134 valence electrons. The zero-order valence-electron chi connectivity index (χ0n) is 14.6. The number of pyridine rings is 1. The van der Waals surface area contributed by atoms with Gasteiger partial charge in [-0.1, -0.05) is 0 Å². The molecular formula is C18H23BrN4O2. The van der Waals surface area contributed by atoms with E-state index in [0.29, 0.717) is 18.0 Å². The number of aryl methyl sites for hydroxylation is 2. The van der Waals surface area contributed by atoms with E-state index in [1.807, 2.05) is 13.8 Å². The lowest BCUT2D eigenvalue weighted by Crippen LogP contribution is -2.38. The Hall–Kier alpha value is -1.73. The van der Waals surface area contributed by atoms with Gasteiger partial charge in [0.25, 0.3) is 5.91 Å². The molecule has 1 aliphatic rings. The minimum Gasteiger partial charge on any atom is -0.444 e. The molecule has 0 bridgehead atoms. The summed E-state index contributed by atoms with van der Waals surface area (Å²) in [4.78, 5) is 23.0. The molecule has 1 aliphatic heterocycles. The second kappa shape index (κ2) is 8.10. The number of hydrogen-bond donors (Lipinski definition) is 1. The molecule has 7 heteroatoms. The van der Waals surface area contributed by atoms with Gasteiger partial charge in [0.1, 0.15) is 5.76 Å². The number of carbonyl (C=O) groups is 1. The van der Waals surface area contributed by atoms with Crippen LogP contribution in [0.4, 0.5) is 0 Å². The summed E-state index contributed by atoms with van der Waals surface area (Å²) < 4.78 is 6.47. The van der Waals surface area contributed by atoms with E-state index in [1.54, 1.807) is 18.5 Å². The van der Waals surface area contributed by atoms with Crippen LogP contribution in [0.2, 0.25) is 0 Å². The van der Waals surface area contributed by atoms with Crippen LogP contribution in [0.1, 0.15) is 40.5 Å². The number of rotatable bonds is 5. The average molecular weight is 407 g/mol. The first-order chi connectivity index (χ1) is 12.0. The Labute approximate surface area is 156 Å². The summed E-state index contributed by atoms with van der Waals surface area (Å²) in [5.74, 6) is 2.13. The van der Waals surface area contributed by atoms with Crippen molar-refractivity contribution in [2.45, 2.75) is 33.2 Å². The second-order valence-electron chi connectivity index (χ2n) is 6.57. The minimum absolute atomic E-state index is 0.0676. The van der Waals surface area contributed by atoms with Crippen molar-refractivity contribution in [3.8, 4) is 0 Å². The Kier molecular flexibility index (Phi) is 5.86. The van der Waals surface area contributed by atoms with E-state index < -0.39 is 0 Å². The lowest BCUT2D eigenvalue weighted by Gasteiger charge is -2.31. The number of oxazole rings is 1. The van der Waals surface area contributed by atoms with Gasteiger partial charge in [0.2, 0.25) is 5.89 Å². The molecule has 0 atom stereocenters. The summed E-state index contributed by atoms with van der Waals surface area (Å²) in [6.07, 6.45) is 5.39. The molecule has 3 heterocycles. The molecule has 1 saturated heterocycles. The minimum atomic E-state index is -0.0676. The molecule has 2 aromatic rings. The lowest BCUT2D eigenvalue weighted by molar-refractivity contribution is 0.0933. The smallest absolute Gasteiger partial charge is 0.252 e. The summed E-state index contributed by atoms with van der Waals surface area (Å²) in [6.45, 7) is 7.38. The molecule has 1 amide bonds. The molecule has 2 aromatic heterocycles. The van der Waals surface area contributed by atoms with E-state index in [-0.39, 0.29) is 5.91 Å². The first-order valence-corrected chi connectivity index (χ1v) is 9.34. The number of nitrogens with one attached hydrogen (secondary N) is 1. The third-order valence-electron chi connectivity index (χ3n) is 4.66. The van der Waals surface area contributed by atoms with Gasteiger partial charge in [-0.05, 0) is 67.7 Å². The number of hydrogen-bond acceptors (Lipinski definition) is 5. The quantitative estimate of drug-likeness (QED) is 0.825. The SMILES string of the molecule is Cc1nc(CN2CCC(CNC(=O)c3cncc(Br)c3)CC2)oc1C. The van der Waals surface area contributed by atoms with Crippen molar-refractivity contribution in [3.05, 3.63) is 45.8 Å². The Morgan fingerprint density at radius 2 is 2.12 bits per heavy atom. The normalized spacial score (nSPS) is 16.1. The van der Waals surface area contributed by atoms with Crippen molar-refractivity contribution in [3.63, 3.8) is 0 Å². The van der Waals surface area contributed by atoms with Crippen molar-refractivity contribution in [2.75, 3.05) is 19.6 Å². The highest BCUT2D eigenvalue weighted by molar-refractivity contribution is 9.10. The number of amides is 1. The van der Waals surface area contributed by atoms with Crippen molar-refractivity contribution in [1.29, 1.82) is 0 Å². The van der Waals surface area contributed by atoms with Crippen molar-refractivity contribution < 1.29 is 9.21 Å². The van der Waals surface area contributed by atoms with E-state index in [2.05, 4.69) is 36.1 Å². The predicted octanol–water partition coefficient (Wildman–Crippen LogP) is 3.09. The number of piperidine rings is 1. The molecule has 25 heavy (non-hydrogen) atoms. The van der Waals surface area contributed by atoms with Gasteiger partial charge in [-0.2, -0.15) is 0 Å². The first-order valence-electron chi connectivity index (χ1n) is 8.55. The van der Waals surface area contributed by atoms with Gasteiger partial charge in [-0.15, -0.1) is 0 Å². The summed E-state index contributed by atoms with van der Waals surface area (Å²) >= 11 is 3.34. The maximum atomic E-state index is 12.2. The van der Waals surface area contributed by atoms with E-state index in [1.165, 1.54) is 0 Å². The monoisotopic (exact) mass is 406 g/mol. The van der Waals surface area contributed by atoms with Gasteiger partial charge >= 0.3 is 0 Å². The molecular weight excluding hydrogens is 384 g/mol. The van der Waals surface area contributed by atoms with Crippen LogP contribution < -0.4 is 5.32 Å². The molecule has 6 nitrogen and oxygen atoms in total. The maximum Gasteiger partial charge on any atom is 0.252 e. The number of halogens is 1. The summed E-state index contributed by atoms with van der Waals surface area (Å²) in [7, 11) is 0. The number of likely N-dealkylation sites (tertiary alicyclic amines) is 1. The highest BCUT2D eigenvalue weighted by Gasteiger charge is 2.21. The van der Waals surface area contributed by atoms with Crippen LogP contribution in [0, 0.1) is 19.8 Å². The predicted molar refractivity (Wildman–Crippen MR) is 98.2 cm³/mol. The molecule has 1 fully saturated rings. The largest absolute Gasteiger partial charge is 0.444 e. The van der Waals surface area contributed by atoms with Crippen LogP contribution in [-0.2, 0) is 6.54 Å². The van der Waals surface area contributed by atoms with Crippen molar-refractivity contribution in [2.24, 2.45) is 5.92 Å². The van der Waals surface area contributed by atoms with Gasteiger partial charge in [0, 0.05) is 23.4 Å². The zero-order chi connectivity index (χ0) is 17.8. The summed E-state index contributed by atoms with van der Waals surface area (Å²) in [5.41, 5.74) is 1.55. The van der Waals surface area contributed by atoms with Gasteiger partial charge in [-0.25, -0.2) is 4.98 Å². The van der Waals surface area contributed by atoms with Crippen LogP contribution in [0.5, 0.6) is 0 Å². The molecule has 0 aromatic carbocycles. The van der Waals surface area contributed by atoms with Gasteiger partial charge in [0.15, 0.2) is 0 Å². The highest BCUT2D eigenvalue weighted by atomic mass is 79.9. The molecule has 0 unspecified atom stereocenters. The van der Waals surface area contributed by atoms with E-state index in [0.717, 1.165) is 54.3 Å². The Morgan fingerprint density at radius 3 is 2.76 bits per heavy atom. The van der Waals surface area contributed by atoms with Crippen LogP contribution >= 0.6 is 15.9 Å². The van der Waals surface area contributed by atoms with Crippen LogP contribution in [0.25, 0.3) is 0 Å². The lowest BCUT2D eigenvalue weighted by atomic mass is 9.96. The third kappa shape index (κ3) is 4.89. The molecule has 0 aliphatic carbocycles. The molecule has 0 radical (unpaired) electrons. The van der Waals surface area contributed by atoms with Gasteiger partial charge in [-0.3, -0.25) is 14.7 Å². The molecule has 1 N–H and O–H groups in total. The van der Waals surface area contributed by atoms with Crippen molar-refractivity contribution >= 4 is 21.8 Å². The standard InChI is InChI=1S/C18H23BrN4O2/c1-12-13(2)25-17(22-12)11-23-5-3-14(4-6-23)8-21-18(24)15-7-16(19)10-20-9-15/h7,9-10,14H,3-6,8,11H2,1-2H3,(H,21,24). The summed E-state index contributed by atoms with van der Waals surface area (Å²) in [6, 6.07) is 1.78. The topological polar surface area (TPSA) is 71.3 Å². The Balaban J connectivity index is 1.42. The van der Waals surface area contributed by atoms with Crippen LogP contribution in [0.3, 0.4) is 0 Å². The van der Waals surface area contributed by atoms with E-state index in [4.69, 9.17) is 4.42 Å². The Morgan fingerprint density at radius 1 is 1.36 bits per heavy atom. The number of nitrogens with zero attached hydrogens (tertiary/aromatic N) is 3. The number of aromatic nitrogens is 2. The second-order valence-corrected chi connectivity index (χ2v) is 7.49. The molecule has 0 spiro atoms. The molecule has 3 rings (SSSR count). The maximum absolute atomic E-state index is 12.2. The fraction of sp³-hybridized carbons (Fsp3) is 0.500. The van der Waals surface area contributed by atoms with Crippen molar-refractivity contribution in [1.82, 2.24) is 20.2 Å². The Bertz CT molecular complexity index is 719. The third-order valence-corrected chi connectivity index (χ3v) is 5.09.